The van der Waals surface area contributed by atoms with Gasteiger partial charge in [0.25, 0.3) is 0 Å². The van der Waals surface area contributed by atoms with Crippen LogP contribution in [0.25, 0.3) is 22.3 Å². The number of fused-ring (bicyclic) bond motifs is 2. The second-order valence-corrected chi connectivity index (χ2v) is 9.47. The summed E-state index contributed by atoms with van der Waals surface area (Å²) in [7, 11) is 3.93. The van der Waals surface area contributed by atoms with Gasteiger partial charge >= 0.3 is 6.18 Å². The first-order valence-electron chi connectivity index (χ1n) is 11.9. The lowest BCUT2D eigenvalue weighted by molar-refractivity contribution is -0.137. The van der Waals surface area contributed by atoms with Gasteiger partial charge in [-0.15, -0.1) is 0 Å². The van der Waals surface area contributed by atoms with Crippen LogP contribution in [-0.4, -0.2) is 57.7 Å². The second-order valence-electron chi connectivity index (χ2n) is 9.47. The first kappa shape index (κ1) is 24.9. The van der Waals surface area contributed by atoms with E-state index in [-0.39, 0.29) is 11.7 Å². The van der Waals surface area contributed by atoms with Crippen LogP contribution >= 0.6 is 0 Å². The van der Waals surface area contributed by atoms with E-state index in [0.717, 1.165) is 35.4 Å². The normalized spacial score (nSPS) is 16.1. The van der Waals surface area contributed by atoms with Crippen LogP contribution in [0.5, 0.6) is 5.75 Å². The van der Waals surface area contributed by atoms with Crippen LogP contribution in [-0.2, 0) is 12.7 Å². The third-order valence-corrected chi connectivity index (χ3v) is 6.59. The SMILES string of the molecule is Cc1cc(-c2ncc3cc(C(F)(F)F)ccc3n2)ccc1C1CCOc2cnn(CCN(C)C)c2C1=O. The Bertz CT molecular complexity index is 1480. The molecule has 37 heavy (non-hydrogen) atoms. The molecule has 1 unspecified atom stereocenters. The molecule has 4 aromatic rings. The third-order valence-electron chi connectivity index (χ3n) is 6.59. The van der Waals surface area contributed by atoms with E-state index in [0.29, 0.717) is 47.7 Å². The van der Waals surface area contributed by atoms with Gasteiger partial charge in [-0.05, 0) is 62.8 Å². The highest BCUT2D eigenvalue weighted by Crippen LogP contribution is 2.35. The summed E-state index contributed by atoms with van der Waals surface area (Å²) in [5, 5.41) is 4.69. The second kappa shape index (κ2) is 9.59. The highest BCUT2D eigenvalue weighted by Gasteiger charge is 2.33. The van der Waals surface area contributed by atoms with Crippen LogP contribution in [0.15, 0.2) is 48.8 Å². The number of nitrogens with zero attached hydrogens (tertiary/aromatic N) is 5. The van der Waals surface area contributed by atoms with Gasteiger partial charge in [0.15, 0.2) is 17.4 Å². The predicted octanol–water partition coefficient (Wildman–Crippen LogP) is 5.13. The lowest BCUT2D eigenvalue weighted by Crippen LogP contribution is -2.23. The molecule has 0 saturated carbocycles. The smallest absolute Gasteiger partial charge is 0.416 e. The fourth-order valence-corrected chi connectivity index (χ4v) is 4.62. The average molecular weight is 510 g/mol. The lowest BCUT2D eigenvalue weighted by Gasteiger charge is -2.18. The number of ether oxygens (including phenoxy) is 1. The highest BCUT2D eigenvalue weighted by molar-refractivity contribution is 6.02. The predicted molar refractivity (Wildman–Crippen MR) is 133 cm³/mol. The van der Waals surface area contributed by atoms with Gasteiger partial charge in [0, 0.05) is 23.7 Å². The Balaban J connectivity index is 1.44. The molecule has 1 atom stereocenters. The van der Waals surface area contributed by atoms with Crippen LogP contribution in [0.1, 0.15) is 39.5 Å². The molecule has 0 fully saturated rings. The summed E-state index contributed by atoms with van der Waals surface area (Å²) in [5.74, 6) is 0.505. The van der Waals surface area contributed by atoms with E-state index in [4.69, 9.17) is 4.74 Å². The Morgan fingerprint density at radius 3 is 2.68 bits per heavy atom. The van der Waals surface area contributed by atoms with Gasteiger partial charge in [0.1, 0.15) is 5.69 Å². The summed E-state index contributed by atoms with van der Waals surface area (Å²) in [6, 6.07) is 9.07. The number of benzene rings is 2. The molecule has 0 N–H and O–H groups in total. The number of carbonyl (C=O) groups is 1. The quantitative estimate of drug-likeness (QED) is 0.371. The van der Waals surface area contributed by atoms with Crippen molar-refractivity contribution in [3.05, 3.63) is 71.2 Å². The summed E-state index contributed by atoms with van der Waals surface area (Å²) >= 11 is 0. The van der Waals surface area contributed by atoms with Crippen LogP contribution < -0.4 is 4.74 Å². The molecule has 1 aliphatic heterocycles. The number of carbonyl (C=O) groups excluding carboxylic acids is 1. The van der Waals surface area contributed by atoms with Crippen molar-refractivity contribution < 1.29 is 22.7 Å². The van der Waals surface area contributed by atoms with Crippen LogP contribution in [0.2, 0.25) is 0 Å². The Kier molecular flexibility index (Phi) is 6.45. The van der Waals surface area contributed by atoms with E-state index in [1.54, 1.807) is 10.9 Å². The van der Waals surface area contributed by atoms with E-state index in [1.807, 2.05) is 44.1 Å². The topological polar surface area (TPSA) is 73.1 Å². The molecular formula is C27H26F3N5O2. The zero-order valence-corrected chi connectivity index (χ0v) is 20.7. The maximum Gasteiger partial charge on any atom is 0.416 e. The first-order valence-corrected chi connectivity index (χ1v) is 11.9. The average Bonchev–Trinajstić information content (AvgIpc) is 3.19. The zero-order chi connectivity index (χ0) is 26.3. The van der Waals surface area contributed by atoms with E-state index >= 15 is 0 Å². The third kappa shape index (κ3) is 4.93. The molecule has 2 aromatic carbocycles. The Hall–Kier alpha value is -3.79. The van der Waals surface area contributed by atoms with Gasteiger partial charge in [-0.25, -0.2) is 9.97 Å². The molecule has 7 nitrogen and oxygen atoms in total. The number of hydrogen-bond acceptors (Lipinski definition) is 6. The zero-order valence-electron chi connectivity index (χ0n) is 20.7. The number of alkyl halides is 3. The Labute approximate surface area is 211 Å². The van der Waals surface area contributed by atoms with Crippen molar-refractivity contribution in [3.63, 3.8) is 0 Å². The summed E-state index contributed by atoms with van der Waals surface area (Å²) in [6.45, 7) is 3.64. The molecule has 10 heteroatoms. The van der Waals surface area contributed by atoms with E-state index in [2.05, 4.69) is 15.1 Å². The van der Waals surface area contributed by atoms with Crippen molar-refractivity contribution in [1.82, 2.24) is 24.6 Å². The van der Waals surface area contributed by atoms with Crippen LogP contribution in [0, 0.1) is 6.92 Å². The fourth-order valence-electron chi connectivity index (χ4n) is 4.62. The lowest BCUT2D eigenvalue weighted by atomic mass is 9.87. The number of rotatable bonds is 5. The van der Waals surface area contributed by atoms with Crippen molar-refractivity contribution in [2.24, 2.45) is 0 Å². The maximum atomic E-state index is 13.7. The minimum absolute atomic E-state index is 0.0259. The molecule has 0 bridgehead atoms. The summed E-state index contributed by atoms with van der Waals surface area (Å²) in [4.78, 5) is 24.5. The molecular weight excluding hydrogens is 483 g/mol. The Morgan fingerprint density at radius 2 is 1.95 bits per heavy atom. The minimum Gasteiger partial charge on any atom is -0.489 e. The van der Waals surface area contributed by atoms with Crippen molar-refractivity contribution in [2.45, 2.75) is 32.0 Å². The standard InChI is InChI=1S/C27H26F3N5O2/c1-16-12-17(26-31-14-18-13-19(27(28,29)30)5-7-22(18)33-26)4-6-20(16)21-8-11-37-23-15-32-35(10-9-34(2)3)24(23)25(21)36/h4-7,12-15,21H,8-11H2,1-3H3. The number of Topliss-reactive ketones (excluding diaryl/α,β-unsaturated/α-hetero) is 1. The number of likely N-dealkylation sites (N-methyl/N-ethyl adjacent to an activating group) is 1. The van der Waals surface area contributed by atoms with Crippen molar-refractivity contribution in [3.8, 4) is 17.1 Å². The molecule has 0 amide bonds. The molecule has 3 heterocycles. The molecule has 0 saturated heterocycles. The van der Waals surface area contributed by atoms with Gasteiger partial charge in [-0.3, -0.25) is 9.48 Å². The van der Waals surface area contributed by atoms with Gasteiger partial charge in [-0.2, -0.15) is 18.3 Å². The fraction of sp³-hybridized carbons (Fsp3) is 0.333. The van der Waals surface area contributed by atoms with Gasteiger partial charge in [0.2, 0.25) is 0 Å². The van der Waals surface area contributed by atoms with E-state index in [9.17, 15) is 18.0 Å². The molecule has 1 aliphatic rings. The molecule has 0 radical (unpaired) electrons. The van der Waals surface area contributed by atoms with Gasteiger partial charge in [-0.1, -0.05) is 12.1 Å². The number of aryl methyl sites for hydroxylation is 1. The molecule has 2 aromatic heterocycles. The van der Waals surface area contributed by atoms with Crippen LogP contribution in [0.4, 0.5) is 13.2 Å². The number of halogens is 3. The Morgan fingerprint density at radius 1 is 1.14 bits per heavy atom. The molecule has 192 valence electrons. The van der Waals surface area contributed by atoms with E-state index in [1.165, 1.54) is 12.3 Å². The number of hydrogen-bond donors (Lipinski definition) is 0. The largest absolute Gasteiger partial charge is 0.489 e. The number of aromatic nitrogens is 4. The first-order chi connectivity index (χ1) is 17.6. The van der Waals surface area contributed by atoms with Crippen molar-refractivity contribution in [2.75, 3.05) is 27.2 Å². The summed E-state index contributed by atoms with van der Waals surface area (Å²) in [6.07, 6.45) is -0.880. The van der Waals surface area contributed by atoms with Crippen molar-refractivity contribution in [1.29, 1.82) is 0 Å². The highest BCUT2D eigenvalue weighted by atomic mass is 19.4. The summed E-state index contributed by atoms with van der Waals surface area (Å²) < 4.78 is 46.6. The molecule has 5 rings (SSSR count). The minimum atomic E-state index is -4.43. The summed E-state index contributed by atoms with van der Waals surface area (Å²) in [5.41, 5.74) is 2.69. The van der Waals surface area contributed by atoms with E-state index < -0.39 is 11.7 Å². The maximum absolute atomic E-state index is 13.7. The van der Waals surface area contributed by atoms with Gasteiger partial charge in [0.05, 0.1) is 36.3 Å². The van der Waals surface area contributed by atoms with Gasteiger partial charge < -0.3 is 9.64 Å². The molecule has 0 aliphatic carbocycles. The monoisotopic (exact) mass is 509 g/mol. The van der Waals surface area contributed by atoms with Crippen LogP contribution in [0.3, 0.4) is 0 Å². The van der Waals surface area contributed by atoms with Crippen molar-refractivity contribution >= 4 is 16.7 Å². The molecule has 0 spiro atoms. The number of ketones is 1.